The lowest BCUT2D eigenvalue weighted by Crippen LogP contribution is -2.36. The number of amides is 2. The Hall–Kier alpha value is -2.52. The summed E-state index contributed by atoms with van der Waals surface area (Å²) in [5.74, 6) is -0.496. The SMILES string of the molecule is Cc1cc(Br)ccc1NC(=O)CN(C)C(=O)CCn1cnc2sc(C)c(C)c2c1=O. The number of aryl methyl sites for hydroxylation is 4. The zero-order chi connectivity index (χ0) is 22.0. The van der Waals surface area contributed by atoms with Crippen LogP contribution in [0.25, 0.3) is 10.2 Å². The van der Waals surface area contributed by atoms with Gasteiger partial charge in [0.05, 0.1) is 18.3 Å². The predicted octanol–water partition coefficient (Wildman–Crippen LogP) is 3.63. The quantitative estimate of drug-likeness (QED) is 0.571. The van der Waals surface area contributed by atoms with Gasteiger partial charge in [0.2, 0.25) is 11.8 Å². The standard InChI is InChI=1S/C21H23BrN4O3S/c1-12-9-15(22)5-6-16(12)24-17(27)10-25(4)18(28)7-8-26-11-23-20-19(21(26)29)13(2)14(3)30-20/h5-6,9,11H,7-8,10H2,1-4H3,(H,24,27). The topological polar surface area (TPSA) is 84.3 Å². The van der Waals surface area contributed by atoms with E-state index in [2.05, 4.69) is 26.2 Å². The zero-order valence-electron chi connectivity index (χ0n) is 17.3. The van der Waals surface area contributed by atoms with Gasteiger partial charge in [0.15, 0.2) is 0 Å². The van der Waals surface area contributed by atoms with Gasteiger partial charge in [0.1, 0.15) is 4.83 Å². The number of halogens is 1. The maximum atomic E-state index is 12.7. The first-order valence-corrected chi connectivity index (χ1v) is 11.0. The van der Waals surface area contributed by atoms with Crippen molar-refractivity contribution < 1.29 is 9.59 Å². The van der Waals surface area contributed by atoms with E-state index in [9.17, 15) is 14.4 Å². The molecule has 0 bridgehead atoms. The van der Waals surface area contributed by atoms with Crippen LogP contribution in [-0.2, 0) is 16.1 Å². The summed E-state index contributed by atoms with van der Waals surface area (Å²) in [6.45, 7) is 5.92. The summed E-state index contributed by atoms with van der Waals surface area (Å²) in [4.78, 5) is 45.0. The summed E-state index contributed by atoms with van der Waals surface area (Å²) >= 11 is 4.88. The van der Waals surface area contributed by atoms with Gasteiger partial charge in [0.25, 0.3) is 5.56 Å². The highest BCUT2D eigenvalue weighted by atomic mass is 79.9. The molecule has 3 aromatic rings. The highest BCUT2D eigenvalue weighted by Gasteiger charge is 2.16. The number of hydrogen-bond donors (Lipinski definition) is 1. The average Bonchev–Trinajstić information content (AvgIpc) is 2.97. The fourth-order valence-electron chi connectivity index (χ4n) is 3.10. The number of rotatable bonds is 6. The molecule has 30 heavy (non-hydrogen) atoms. The van der Waals surface area contributed by atoms with E-state index < -0.39 is 0 Å². The monoisotopic (exact) mass is 490 g/mol. The van der Waals surface area contributed by atoms with Crippen molar-refractivity contribution in [3.63, 3.8) is 0 Å². The molecular weight excluding hydrogens is 468 g/mol. The van der Waals surface area contributed by atoms with Crippen LogP contribution in [0.3, 0.4) is 0 Å². The molecule has 0 aliphatic heterocycles. The molecule has 3 rings (SSSR count). The van der Waals surface area contributed by atoms with Gasteiger partial charge in [-0.25, -0.2) is 4.98 Å². The number of benzene rings is 1. The molecule has 0 atom stereocenters. The zero-order valence-corrected chi connectivity index (χ0v) is 19.7. The molecule has 0 spiro atoms. The van der Waals surface area contributed by atoms with Gasteiger partial charge in [-0.1, -0.05) is 15.9 Å². The van der Waals surface area contributed by atoms with Gasteiger partial charge < -0.3 is 10.2 Å². The van der Waals surface area contributed by atoms with Gasteiger partial charge >= 0.3 is 0 Å². The van der Waals surface area contributed by atoms with E-state index in [1.165, 1.54) is 27.1 Å². The van der Waals surface area contributed by atoms with Crippen LogP contribution in [0.15, 0.2) is 33.8 Å². The van der Waals surface area contributed by atoms with Crippen molar-refractivity contribution in [2.24, 2.45) is 0 Å². The Kier molecular flexibility index (Phi) is 6.72. The van der Waals surface area contributed by atoms with E-state index in [1.54, 1.807) is 7.05 Å². The van der Waals surface area contributed by atoms with Crippen molar-refractivity contribution in [1.82, 2.24) is 14.5 Å². The Morgan fingerprint density at radius 1 is 1.27 bits per heavy atom. The molecule has 0 saturated heterocycles. The smallest absolute Gasteiger partial charge is 0.262 e. The van der Waals surface area contributed by atoms with E-state index in [0.29, 0.717) is 11.1 Å². The third-order valence-corrected chi connectivity index (χ3v) is 6.60. The molecule has 1 N–H and O–H groups in total. The second-order valence-electron chi connectivity index (χ2n) is 7.21. The Bertz CT molecular complexity index is 1180. The molecule has 2 heterocycles. The van der Waals surface area contributed by atoms with Gasteiger partial charge in [-0.15, -0.1) is 11.3 Å². The van der Waals surface area contributed by atoms with Crippen molar-refractivity contribution in [2.75, 3.05) is 18.9 Å². The Labute approximate surface area is 186 Å². The minimum Gasteiger partial charge on any atom is -0.336 e. The summed E-state index contributed by atoms with van der Waals surface area (Å²) in [7, 11) is 1.58. The molecule has 0 aliphatic rings. The summed E-state index contributed by atoms with van der Waals surface area (Å²) in [5, 5.41) is 3.43. The first-order valence-electron chi connectivity index (χ1n) is 9.42. The van der Waals surface area contributed by atoms with Crippen molar-refractivity contribution in [1.29, 1.82) is 0 Å². The fraction of sp³-hybridized carbons (Fsp3) is 0.333. The number of nitrogens with zero attached hydrogens (tertiary/aromatic N) is 3. The van der Waals surface area contributed by atoms with Crippen LogP contribution >= 0.6 is 27.3 Å². The van der Waals surface area contributed by atoms with Crippen LogP contribution < -0.4 is 10.9 Å². The summed E-state index contributed by atoms with van der Waals surface area (Å²) in [6, 6.07) is 5.56. The lowest BCUT2D eigenvalue weighted by molar-refractivity contribution is -0.133. The van der Waals surface area contributed by atoms with Gasteiger partial charge in [0, 0.05) is 35.1 Å². The number of likely N-dealkylation sites (N-methyl/N-ethyl adjacent to an activating group) is 1. The number of nitrogens with one attached hydrogen (secondary N) is 1. The van der Waals surface area contributed by atoms with E-state index in [0.717, 1.165) is 25.3 Å². The van der Waals surface area contributed by atoms with E-state index in [-0.39, 0.29) is 36.9 Å². The Morgan fingerprint density at radius 2 is 2.00 bits per heavy atom. The molecule has 7 nitrogen and oxygen atoms in total. The molecule has 0 saturated carbocycles. The number of aromatic nitrogens is 2. The third-order valence-electron chi connectivity index (χ3n) is 4.99. The number of thiophene rings is 1. The predicted molar refractivity (Wildman–Crippen MR) is 123 cm³/mol. The highest BCUT2D eigenvalue weighted by Crippen LogP contribution is 2.25. The number of carbonyl (C=O) groups excluding carboxylic acids is 2. The third kappa shape index (κ3) is 4.79. The molecule has 158 valence electrons. The average molecular weight is 491 g/mol. The van der Waals surface area contributed by atoms with Crippen LogP contribution in [0, 0.1) is 20.8 Å². The van der Waals surface area contributed by atoms with Gasteiger partial charge in [-0.05, 0) is 50.1 Å². The van der Waals surface area contributed by atoms with Crippen LogP contribution in [0.5, 0.6) is 0 Å². The minimum atomic E-state index is -0.277. The lowest BCUT2D eigenvalue weighted by Gasteiger charge is -2.17. The number of carbonyl (C=O) groups is 2. The van der Waals surface area contributed by atoms with Crippen LogP contribution in [0.2, 0.25) is 0 Å². The normalized spacial score (nSPS) is 11.0. The van der Waals surface area contributed by atoms with E-state index in [4.69, 9.17) is 0 Å². The molecule has 0 fully saturated rings. The minimum absolute atomic E-state index is 0.0661. The summed E-state index contributed by atoms with van der Waals surface area (Å²) in [6.07, 6.45) is 1.59. The second-order valence-corrected chi connectivity index (χ2v) is 9.33. The molecule has 0 aliphatic carbocycles. The molecule has 0 radical (unpaired) electrons. The van der Waals surface area contributed by atoms with Crippen LogP contribution in [-0.4, -0.2) is 39.9 Å². The van der Waals surface area contributed by atoms with Crippen LogP contribution in [0.4, 0.5) is 5.69 Å². The van der Waals surface area contributed by atoms with Crippen molar-refractivity contribution >= 4 is 55.0 Å². The van der Waals surface area contributed by atoms with Crippen molar-refractivity contribution in [2.45, 2.75) is 33.7 Å². The molecule has 1 aromatic carbocycles. The van der Waals surface area contributed by atoms with Gasteiger partial charge in [-0.3, -0.25) is 19.0 Å². The second kappa shape index (κ2) is 9.09. The fourth-order valence-corrected chi connectivity index (χ4v) is 4.56. The van der Waals surface area contributed by atoms with Crippen molar-refractivity contribution in [3.8, 4) is 0 Å². The lowest BCUT2D eigenvalue weighted by atomic mass is 10.2. The maximum Gasteiger partial charge on any atom is 0.262 e. The highest BCUT2D eigenvalue weighted by molar-refractivity contribution is 9.10. The van der Waals surface area contributed by atoms with Crippen LogP contribution in [0.1, 0.15) is 22.4 Å². The van der Waals surface area contributed by atoms with E-state index >= 15 is 0 Å². The number of anilines is 1. The molecule has 9 heteroatoms. The largest absolute Gasteiger partial charge is 0.336 e. The first kappa shape index (κ1) is 22.2. The number of hydrogen-bond acceptors (Lipinski definition) is 5. The van der Waals surface area contributed by atoms with Gasteiger partial charge in [-0.2, -0.15) is 0 Å². The summed E-state index contributed by atoms with van der Waals surface area (Å²) < 4.78 is 2.39. The maximum absolute atomic E-state index is 12.7. The molecule has 0 unspecified atom stereocenters. The Morgan fingerprint density at radius 3 is 2.70 bits per heavy atom. The van der Waals surface area contributed by atoms with E-state index in [1.807, 2.05) is 39.0 Å². The molecule has 2 aromatic heterocycles. The Balaban J connectivity index is 1.60. The first-order chi connectivity index (χ1) is 14.2. The molecule has 2 amide bonds. The number of fused-ring (bicyclic) bond motifs is 1. The summed E-state index contributed by atoms with van der Waals surface area (Å²) in [5.41, 5.74) is 2.43. The molecular formula is C21H23BrN4O3S. The van der Waals surface area contributed by atoms with Crippen molar-refractivity contribution in [3.05, 3.63) is 55.4 Å².